The van der Waals surface area contributed by atoms with Crippen molar-refractivity contribution in [2.75, 3.05) is 10.6 Å². The van der Waals surface area contributed by atoms with E-state index in [1.807, 2.05) is 20.8 Å². The fraction of sp³-hybridized carbons (Fsp3) is 0.312. The number of carbonyl (C=O) groups is 2. The summed E-state index contributed by atoms with van der Waals surface area (Å²) in [6, 6.07) is 8.29. The molecule has 2 rings (SSSR count). The van der Waals surface area contributed by atoms with Crippen LogP contribution in [0.4, 0.5) is 11.5 Å². The van der Waals surface area contributed by atoms with Crippen molar-refractivity contribution in [2.24, 2.45) is 5.41 Å². The van der Waals surface area contributed by atoms with Crippen LogP contribution in [0, 0.1) is 12.3 Å². The van der Waals surface area contributed by atoms with E-state index in [9.17, 15) is 9.59 Å². The second-order valence-electron chi connectivity index (χ2n) is 6.06. The van der Waals surface area contributed by atoms with E-state index in [1.54, 1.807) is 37.3 Å². The van der Waals surface area contributed by atoms with E-state index in [0.29, 0.717) is 22.8 Å². The molecule has 0 unspecified atom stereocenters. The highest BCUT2D eigenvalue weighted by Gasteiger charge is 2.21. The number of anilines is 2. The van der Waals surface area contributed by atoms with Crippen LogP contribution in [0.1, 0.15) is 36.9 Å². The fourth-order valence-corrected chi connectivity index (χ4v) is 1.64. The van der Waals surface area contributed by atoms with Crippen LogP contribution >= 0.6 is 0 Å². The van der Waals surface area contributed by atoms with Crippen molar-refractivity contribution in [1.29, 1.82) is 0 Å². The molecule has 0 saturated heterocycles. The summed E-state index contributed by atoms with van der Waals surface area (Å²) >= 11 is 0. The third kappa shape index (κ3) is 3.94. The molecule has 0 atom stereocenters. The standard InChI is InChI=1S/C16H19N3O3/c1-10-9-13(19-22-10)18-14(20)11-5-7-12(8-6-11)17-15(21)16(2,3)4/h5-9H,1-4H3,(H,17,21)(H,18,19,20). The van der Waals surface area contributed by atoms with Crippen molar-refractivity contribution in [3.8, 4) is 0 Å². The fourth-order valence-electron chi connectivity index (χ4n) is 1.64. The summed E-state index contributed by atoms with van der Waals surface area (Å²) in [6.45, 7) is 7.26. The summed E-state index contributed by atoms with van der Waals surface area (Å²) in [6.07, 6.45) is 0. The van der Waals surface area contributed by atoms with Gasteiger partial charge < -0.3 is 15.2 Å². The van der Waals surface area contributed by atoms with Gasteiger partial charge in [0.2, 0.25) is 5.91 Å². The van der Waals surface area contributed by atoms with Gasteiger partial charge in [-0.25, -0.2) is 0 Å². The number of carbonyl (C=O) groups excluding carboxylic acids is 2. The molecule has 1 aromatic carbocycles. The summed E-state index contributed by atoms with van der Waals surface area (Å²) in [4.78, 5) is 23.9. The molecule has 1 aromatic heterocycles. The second-order valence-corrected chi connectivity index (χ2v) is 6.06. The van der Waals surface area contributed by atoms with Crippen LogP contribution in [-0.2, 0) is 4.79 Å². The lowest BCUT2D eigenvalue weighted by molar-refractivity contribution is -0.123. The van der Waals surface area contributed by atoms with Crippen molar-refractivity contribution in [3.63, 3.8) is 0 Å². The van der Waals surface area contributed by atoms with Gasteiger partial charge in [0.05, 0.1) is 0 Å². The third-order valence-corrected chi connectivity index (χ3v) is 2.96. The number of nitrogens with zero attached hydrogens (tertiary/aromatic N) is 1. The predicted molar refractivity (Wildman–Crippen MR) is 83.7 cm³/mol. The van der Waals surface area contributed by atoms with Crippen molar-refractivity contribution in [1.82, 2.24) is 5.16 Å². The Labute approximate surface area is 128 Å². The van der Waals surface area contributed by atoms with Gasteiger partial charge in [-0.1, -0.05) is 25.9 Å². The number of aryl methyl sites for hydroxylation is 1. The molecule has 0 saturated carbocycles. The number of amides is 2. The van der Waals surface area contributed by atoms with Gasteiger partial charge in [0.25, 0.3) is 5.91 Å². The number of nitrogens with one attached hydrogen (secondary N) is 2. The lowest BCUT2D eigenvalue weighted by Gasteiger charge is -2.17. The lowest BCUT2D eigenvalue weighted by atomic mass is 9.95. The SMILES string of the molecule is Cc1cc(NC(=O)c2ccc(NC(=O)C(C)(C)C)cc2)no1. The first-order valence-corrected chi connectivity index (χ1v) is 6.92. The first-order chi connectivity index (χ1) is 10.3. The first-order valence-electron chi connectivity index (χ1n) is 6.92. The van der Waals surface area contributed by atoms with Gasteiger partial charge in [-0.2, -0.15) is 0 Å². The van der Waals surface area contributed by atoms with Crippen LogP contribution in [0.25, 0.3) is 0 Å². The molecular formula is C16H19N3O3. The average Bonchev–Trinajstić information content (AvgIpc) is 2.83. The van der Waals surface area contributed by atoms with Crippen LogP contribution in [0.15, 0.2) is 34.9 Å². The molecule has 2 N–H and O–H groups in total. The molecular weight excluding hydrogens is 282 g/mol. The minimum atomic E-state index is -0.471. The number of hydrogen-bond acceptors (Lipinski definition) is 4. The molecule has 2 amide bonds. The Morgan fingerprint density at radius 1 is 1.09 bits per heavy atom. The minimum absolute atomic E-state index is 0.0808. The Balaban J connectivity index is 2.02. The van der Waals surface area contributed by atoms with Crippen LogP contribution in [0.5, 0.6) is 0 Å². The number of benzene rings is 1. The molecule has 2 aromatic rings. The molecule has 22 heavy (non-hydrogen) atoms. The Kier molecular flexibility index (Phi) is 4.30. The summed E-state index contributed by atoms with van der Waals surface area (Å²) in [7, 11) is 0. The third-order valence-electron chi connectivity index (χ3n) is 2.96. The molecule has 1 heterocycles. The van der Waals surface area contributed by atoms with Crippen molar-refractivity contribution in [2.45, 2.75) is 27.7 Å². The van der Waals surface area contributed by atoms with E-state index >= 15 is 0 Å². The molecule has 0 fully saturated rings. The maximum Gasteiger partial charge on any atom is 0.256 e. The molecule has 0 radical (unpaired) electrons. The van der Waals surface area contributed by atoms with Crippen LogP contribution in [0.2, 0.25) is 0 Å². The minimum Gasteiger partial charge on any atom is -0.360 e. The summed E-state index contributed by atoms with van der Waals surface area (Å²) < 4.78 is 4.88. The zero-order valence-corrected chi connectivity index (χ0v) is 13.1. The van der Waals surface area contributed by atoms with Gasteiger partial charge in [-0.15, -0.1) is 0 Å². The molecule has 0 aliphatic heterocycles. The number of aromatic nitrogens is 1. The van der Waals surface area contributed by atoms with Crippen molar-refractivity contribution in [3.05, 3.63) is 41.7 Å². The molecule has 0 aliphatic rings. The van der Waals surface area contributed by atoms with Gasteiger partial charge in [0.15, 0.2) is 5.82 Å². The number of hydrogen-bond donors (Lipinski definition) is 2. The van der Waals surface area contributed by atoms with Gasteiger partial charge >= 0.3 is 0 Å². The largest absolute Gasteiger partial charge is 0.360 e. The van der Waals surface area contributed by atoms with Crippen molar-refractivity contribution < 1.29 is 14.1 Å². The zero-order chi connectivity index (χ0) is 16.3. The Hall–Kier alpha value is -2.63. The zero-order valence-electron chi connectivity index (χ0n) is 13.1. The average molecular weight is 301 g/mol. The second kappa shape index (κ2) is 6.01. The van der Waals surface area contributed by atoms with E-state index < -0.39 is 5.41 Å². The van der Waals surface area contributed by atoms with Crippen LogP contribution < -0.4 is 10.6 Å². The first kappa shape index (κ1) is 15.8. The van der Waals surface area contributed by atoms with Gasteiger partial charge in [0.1, 0.15) is 5.76 Å². The highest BCUT2D eigenvalue weighted by atomic mass is 16.5. The van der Waals surface area contributed by atoms with Gasteiger partial charge in [-0.3, -0.25) is 9.59 Å². The summed E-state index contributed by atoms with van der Waals surface area (Å²) in [5.74, 6) is 0.618. The Morgan fingerprint density at radius 3 is 2.23 bits per heavy atom. The summed E-state index contributed by atoms with van der Waals surface area (Å²) in [5, 5.41) is 9.14. The normalized spacial score (nSPS) is 11.1. The Morgan fingerprint density at radius 2 is 1.73 bits per heavy atom. The molecule has 116 valence electrons. The molecule has 0 aliphatic carbocycles. The summed E-state index contributed by atoms with van der Waals surface area (Å²) in [5.41, 5.74) is 0.643. The highest BCUT2D eigenvalue weighted by molar-refractivity contribution is 6.04. The predicted octanol–water partition coefficient (Wildman–Crippen LogP) is 3.22. The lowest BCUT2D eigenvalue weighted by Crippen LogP contribution is -2.27. The van der Waals surface area contributed by atoms with E-state index in [1.165, 1.54) is 0 Å². The smallest absolute Gasteiger partial charge is 0.256 e. The molecule has 0 spiro atoms. The monoisotopic (exact) mass is 301 g/mol. The van der Waals surface area contributed by atoms with Crippen LogP contribution in [0.3, 0.4) is 0 Å². The maximum atomic E-state index is 12.0. The number of rotatable bonds is 3. The van der Waals surface area contributed by atoms with E-state index in [0.717, 1.165) is 0 Å². The Bertz CT molecular complexity index is 681. The van der Waals surface area contributed by atoms with Crippen LogP contribution in [-0.4, -0.2) is 17.0 Å². The topological polar surface area (TPSA) is 84.2 Å². The molecule has 0 bridgehead atoms. The van der Waals surface area contributed by atoms with Gasteiger partial charge in [-0.05, 0) is 31.2 Å². The maximum absolute atomic E-state index is 12.0. The molecule has 6 heteroatoms. The molecule has 6 nitrogen and oxygen atoms in total. The van der Waals surface area contributed by atoms with E-state index in [4.69, 9.17) is 4.52 Å². The van der Waals surface area contributed by atoms with Gasteiger partial charge in [0, 0.05) is 22.7 Å². The highest BCUT2D eigenvalue weighted by Crippen LogP contribution is 2.18. The van der Waals surface area contributed by atoms with Crippen molar-refractivity contribution >= 4 is 23.3 Å². The van der Waals surface area contributed by atoms with E-state index in [-0.39, 0.29) is 11.8 Å². The quantitative estimate of drug-likeness (QED) is 0.911. The van der Waals surface area contributed by atoms with E-state index in [2.05, 4.69) is 15.8 Å².